The van der Waals surface area contributed by atoms with E-state index >= 15 is 0 Å². The molecule has 1 N–H and O–H groups in total. The maximum atomic E-state index is 12.6. The van der Waals surface area contributed by atoms with Gasteiger partial charge in [-0.15, -0.1) is 0 Å². The maximum Gasteiger partial charge on any atom is 0.414 e. The highest BCUT2D eigenvalue weighted by molar-refractivity contribution is 6.05. The number of carbonyl (C=O) groups excluding carboxylic acids is 2. The quantitative estimate of drug-likeness (QED) is 0.608. The van der Waals surface area contributed by atoms with Crippen molar-refractivity contribution in [2.45, 2.75) is 20.5 Å². The zero-order valence-corrected chi connectivity index (χ0v) is 17.6. The second-order valence-electron chi connectivity index (χ2n) is 7.52. The van der Waals surface area contributed by atoms with Gasteiger partial charge in [0, 0.05) is 16.9 Å². The first-order chi connectivity index (χ1) is 15.0. The number of cyclic esters (lactones) is 1. The summed E-state index contributed by atoms with van der Waals surface area (Å²) >= 11 is 0. The monoisotopic (exact) mass is 416 g/mol. The van der Waals surface area contributed by atoms with Gasteiger partial charge in [0.05, 0.1) is 6.54 Å². The second kappa shape index (κ2) is 8.92. The number of carbonyl (C=O) groups is 2. The molecule has 0 radical (unpaired) electrons. The molecule has 1 heterocycles. The number of ether oxygens (including phenoxy) is 2. The van der Waals surface area contributed by atoms with Crippen LogP contribution < -0.4 is 15.0 Å². The fourth-order valence-corrected chi connectivity index (χ4v) is 3.45. The predicted octanol–water partition coefficient (Wildman–Crippen LogP) is 5.09. The van der Waals surface area contributed by atoms with Gasteiger partial charge in [0.1, 0.15) is 19.0 Å². The third-order valence-corrected chi connectivity index (χ3v) is 5.14. The Hall–Kier alpha value is -3.80. The Balaban J connectivity index is 1.38. The Bertz CT molecular complexity index is 1110. The molecule has 0 aromatic heterocycles. The average Bonchev–Trinajstić information content (AvgIpc) is 3.20. The van der Waals surface area contributed by atoms with E-state index in [2.05, 4.69) is 24.4 Å². The van der Waals surface area contributed by atoms with E-state index in [9.17, 15) is 9.59 Å². The summed E-state index contributed by atoms with van der Waals surface area (Å²) in [6, 6.07) is 20.7. The van der Waals surface area contributed by atoms with Crippen molar-refractivity contribution in [1.29, 1.82) is 0 Å². The van der Waals surface area contributed by atoms with Crippen LogP contribution in [0.3, 0.4) is 0 Å². The van der Waals surface area contributed by atoms with Crippen LogP contribution in [0.5, 0.6) is 5.75 Å². The molecule has 0 saturated carbocycles. The number of hydrogen-bond acceptors (Lipinski definition) is 4. The molecule has 4 rings (SSSR count). The predicted molar refractivity (Wildman–Crippen MR) is 120 cm³/mol. The molecule has 0 aliphatic carbocycles. The summed E-state index contributed by atoms with van der Waals surface area (Å²) in [5.74, 6) is 0.533. The van der Waals surface area contributed by atoms with E-state index in [0.29, 0.717) is 31.0 Å². The van der Waals surface area contributed by atoms with Crippen molar-refractivity contribution in [2.24, 2.45) is 0 Å². The van der Waals surface area contributed by atoms with E-state index in [1.54, 1.807) is 29.2 Å². The standard InChI is InChI=1S/C25H24N2O4/c1-17-4-3-5-19(14-17)16-31-22-10-11-23(18(2)15-22)26-24(28)20-6-8-21(9-7-20)27-12-13-30-25(27)29/h3-11,14-15H,12-13,16H2,1-2H3,(H,26,28). The van der Waals surface area contributed by atoms with Crippen LogP contribution in [0.4, 0.5) is 16.2 Å². The summed E-state index contributed by atoms with van der Waals surface area (Å²) in [5, 5.41) is 2.93. The van der Waals surface area contributed by atoms with Gasteiger partial charge in [-0.1, -0.05) is 29.8 Å². The average molecular weight is 416 g/mol. The van der Waals surface area contributed by atoms with Crippen molar-refractivity contribution in [2.75, 3.05) is 23.4 Å². The molecular formula is C25H24N2O4. The smallest absolute Gasteiger partial charge is 0.414 e. The molecule has 0 bridgehead atoms. The van der Waals surface area contributed by atoms with Gasteiger partial charge in [0.15, 0.2) is 0 Å². The van der Waals surface area contributed by atoms with Crippen LogP contribution in [0.2, 0.25) is 0 Å². The first-order valence-corrected chi connectivity index (χ1v) is 10.1. The minimum absolute atomic E-state index is 0.216. The van der Waals surface area contributed by atoms with E-state index in [4.69, 9.17) is 9.47 Å². The van der Waals surface area contributed by atoms with Crippen molar-refractivity contribution in [1.82, 2.24) is 0 Å². The highest BCUT2D eigenvalue weighted by Gasteiger charge is 2.23. The van der Waals surface area contributed by atoms with Crippen LogP contribution in [-0.4, -0.2) is 25.2 Å². The van der Waals surface area contributed by atoms with E-state index in [1.807, 2.05) is 37.3 Å². The summed E-state index contributed by atoms with van der Waals surface area (Å²) in [6.45, 7) is 5.37. The van der Waals surface area contributed by atoms with Gasteiger partial charge in [-0.25, -0.2) is 4.79 Å². The van der Waals surface area contributed by atoms with E-state index in [1.165, 1.54) is 5.56 Å². The number of nitrogens with zero attached hydrogens (tertiary/aromatic N) is 1. The van der Waals surface area contributed by atoms with Crippen LogP contribution in [0.1, 0.15) is 27.0 Å². The van der Waals surface area contributed by atoms with Gasteiger partial charge in [-0.2, -0.15) is 0 Å². The van der Waals surface area contributed by atoms with Crippen LogP contribution >= 0.6 is 0 Å². The fourth-order valence-electron chi connectivity index (χ4n) is 3.45. The van der Waals surface area contributed by atoms with Gasteiger partial charge in [-0.3, -0.25) is 9.69 Å². The number of aryl methyl sites for hydroxylation is 2. The second-order valence-corrected chi connectivity index (χ2v) is 7.52. The van der Waals surface area contributed by atoms with Crippen molar-refractivity contribution in [3.8, 4) is 5.75 Å². The number of rotatable bonds is 6. The van der Waals surface area contributed by atoms with Crippen LogP contribution in [0, 0.1) is 13.8 Å². The van der Waals surface area contributed by atoms with Crippen molar-refractivity contribution >= 4 is 23.4 Å². The summed E-state index contributed by atoms with van der Waals surface area (Å²) in [5.41, 5.74) is 5.16. The number of amides is 2. The minimum Gasteiger partial charge on any atom is -0.489 e. The lowest BCUT2D eigenvalue weighted by Crippen LogP contribution is -2.23. The van der Waals surface area contributed by atoms with E-state index < -0.39 is 0 Å². The zero-order valence-electron chi connectivity index (χ0n) is 17.6. The Labute approximate surface area is 181 Å². The molecule has 0 spiro atoms. The molecule has 31 heavy (non-hydrogen) atoms. The maximum absolute atomic E-state index is 12.6. The number of hydrogen-bond donors (Lipinski definition) is 1. The minimum atomic E-state index is -0.363. The summed E-state index contributed by atoms with van der Waals surface area (Å²) in [6.07, 6.45) is -0.363. The van der Waals surface area contributed by atoms with Crippen LogP contribution in [0.25, 0.3) is 0 Å². The van der Waals surface area contributed by atoms with E-state index in [0.717, 1.165) is 22.6 Å². The van der Waals surface area contributed by atoms with Gasteiger partial charge >= 0.3 is 6.09 Å². The molecule has 2 amide bonds. The SMILES string of the molecule is Cc1cccc(COc2ccc(NC(=O)c3ccc(N4CCOC4=O)cc3)c(C)c2)c1. The first-order valence-electron chi connectivity index (χ1n) is 10.1. The number of nitrogens with one attached hydrogen (secondary N) is 1. The van der Waals surface area contributed by atoms with Crippen LogP contribution in [-0.2, 0) is 11.3 Å². The van der Waals surface area contributed by atoms with Gasteiger partial charge in [-0.05, 0) is 67.4 Å². The van der Waals surface area contributed by atoms with Crippen LogP contribution in [0.15, 0.2) is 66.7 Å². The van der Waals surface area contributed by atoms with Gasteiger partial charge in [0.25, 0.3) is 5.91 Å². The molecule has 0 unspecified atom stereocenters. The third-order valence-electron chi connectivity index (χ3n) is 5.14. The summed E-state index contributed by atoms with van der Waals surface area (Å²) in [7, 11) is 0. The Kier molecular flexibility index (Phi) is 5.89. The summed E-state index contributed by atoms with van der Waals surface area (Å²) in [4.78, 5) is 25.8. The Morgan fingerprint density at radius 1 is 1.06 bits per heavy atom. The van der Waals surface area contributed by atoms with E-state index in [-0.39, 0.29) is 12.0 Å². The lowest BCUT2D eigenvalue weighted by atomic mass is 10.1. The molecule has 1 aliphatic rings. The third kappa shape index (κ3) is 4.86. The molecular weight excluding hydrogens is 392 g/mol. The highest BCUT2D eigenvalue weighted by atomic mass is 16.6. The molecule has 0 atom stereocenters. The molecule has 158 valence electrons. The normalized spacial score (nSPS) is 13.1. The number of anilines is 2. The van der Waals surface area contributed by atoms with Gasteiger partial charge < -0.3 is 14.8 Å². The topological polar surface area (TPSA) is 67.9 Å². The summed E-state index contributed by atoms with van der Waals surface area (Å²) < 4.78 is 10.8. The highest BCUT2D eigenvalue weighted by Crippen LogP contribution is 2.24. The Morgan fingerprint density at radius 3 is 2.55 bits per heavy atom. The molecule has 6 heteroatoms. The van der Waals surface area contributed by atoms with Crippen molar-refractivity contribution in [3.63, 3.8) is 0 Å². The van der Waals surface area contributed by atoms with Gasteiger partial charge in [0.2, 0.25) is 0 Å². The van der Waals surface area contributed by atoms with Crippen molar-refractivity contribution < 1.29 is 19.1 Å². The first kappa shape index (κ1) is 20.5. The lowest BCUT2D eigenvalue weighted by Gasteiger charge is -2.14. The zero-order chi connectivity index (χ0) is 21.8. The lowest BCUT2D eigenvalue weighted by molar-refractivity contribution is 0.102. The molecule has 6 nitrogen and oxygen atoms in total. The number of benzene rings is 3. The largest absolute Gasteiger partial charge is 0.489 e. The molecule has 1 fully saturated rings. The fraction of sp³-hybridized carbons (Fsp3) is 0.200. The Morgan fingerprint density at radius 2 is 1.87 bits per heavy atom. The molecule has 1 aliphatic heterocycles. The molecule has 3 aromatic carbocycles. The molecule has 3 aromatic rings. The van der Waals surface area contributed by atoms with Crippen molar-refractivity contribution in [3.05, 3.63) is 89.0 Å². The molecule has 1 saturated heterocycles.